The number of carbonyl (C=O) groups excluding carboxylic acids is 5. The van der Waals surface area contributed by atoms with E-state index in [0.29, 0.717) is 20.6 Å². The first-order chi connectivity index (χ1) is 20.3. The molecule has 43 heavy (non-hydrogen) atoms. The number of halogens is 1. The molecule has 4 atom stereocenters. The summed E-state index contributed by atoms with van der Waals surface area (Å²) in [6, 6.07) is 1.38. The van der Waals surface area contributed by atoms with Gasteiger partial charge in [0.2, 0.25) is 6.10 Å². The highest BCUT2D eigenvalue weighted by Crippen LogP contribution is 2.31. The van der Waals surface area contributed by atoms with Crippen molar-refractivity contribution in [3.63, 3.8) is 0 Å². The molecule has 0 spiro atoms. The largest absolute Gasteiger partial charge is 0.489 e. The van der Waals surface area contributed by atoms with Crippen molar-refractivity contribution >= 4 is 52.4 Å². The number of ether oxygens (including phenoxy) is 7. The fourth-order valence-electron chi connectivity index (χ4n) is 3.42. The Bertz CT molecular complexity index is 1250. The molecule has 0 aliphatic carbocycles. The maximum atomic E-state index is 13.4. The van der Waals surface area contributed by atoms with Crippen LogP contribution >= 0.6 is 22.6 Å². The minimum atomic E-state index is -2.00. The number of rotatable bonds is 18. The van der Waals surface area contributed by atoms with Gasteiger partial charge in [-0.1, -0.05) is 30.4 Å². The van der Waals surface area contributed by atoms with Crippen LogP contribution < -0.4 is 9.47 Å². The zero-order chi connectivity index (χ0) is 32.5. The van der Waals surface area contributed by atoms with E-state index in [1.54, 1.807) is 12.1 Å². The van der Waals surface area contributed by atoms with Crippen LogP contribution in [-0.4, -0.2) is 74.0 Å². The molecule has 0 radical (unpaired) electrons. The lowest BCUT2D eigenvalue weighted by Gasteiger charge is -2.32. The second kappa shape index (κ2) is 19.0. The van der Waals surface area contributed by atoms with Crippen LogP contribution in [0.3, 0.4) is 0 Å². The van der Waals surface area contributed by atoms with Crippen molar-refractivity contribution in [2.75, 3.05) is 19.8 Å². The van der Waals surface area contributed by atoms with Crippen LogP contribution in [0.15, 0.2) is 42.6 Å². The van der Waals surface area contributed by atoms with Gasteiger partial charge in [-0.25, -0.2) is 4.79 Å². The number of hydrogen-bond donors (Lipinski definition) is 0. The lowest BCUT2D eigenvalue weighted by atomic mass is 10.00. The summed E-state index contributed by atoms with van der Waals surface area (Å²) in [5.74, 6) is -4.03. The van der Waals surface area contributed by atoms with Crippen LogP contribution in [0.5, 0.6) is 11.5 Å². The lowest BCUT2D eigenvalue weighted by Crippen LogP contribution is -2.52. The Balaban J connectivity index is 3.52. The van der Waals surface area contributed by atoms with E-state index in [2.05, 4.69) is 23.2 Å². The molecular weight excluding hydrogens is 685 g/mol. The van der Waals surface area contributed by atoms with Gasteiger partial charge in [0.1, 0.15) is 44.0 Å². The number of esters is 5. The van der Waals surface area contributed by atoms with Crippen molar-refractivity contribution in [3.05, 3.63) is 57.0 Å². The van der Waals surface area contributed by atoms with Crippen molar-refractivity contribution in [2.45, 2.75) is 58.7 Å². The summed E-state index contributed by atoms with van der Waals surface area (Å²) in [6.07, 6.45) is -2.26. The number of azide groups is 1. The summed E-state index contributed by atoms with van der Waals surface area (Å²) in [6.45, 7) is 10.6. The van der Waals surface area contributed by atoms with Crippen molar-refractivity contribution in [3.8, 4) is 11.5 Å². The summed E-state index contributed by atoms with van der Waals surface area (Å²) in [7, 11) is 0. The third-order valence-electron chi connectivity index (χ3n) is 4.98. The SMILES string of the molecule is C=CCOc1cc(COC(=O)C(OC(C)=O)C(N=[N+]=[N-])C(OC(C)=O)C(COC(C)=O)OC(C)=O)c(I)c(OCC=C)c1. The molecule has 0 N–H and O–H groups in total. The maximum Gasteiger partial charge on any atom is 0.348 e. The molecule has 0 amide bonds. The zero-order valence-electron chi connectivity index (χ0n) is 24.0. The van der Waals surface area contributed by atoms with Gasteiger partial charge >= 0.3 is 29.8 Å². The monoisotopic (exact) mass is 717 g/mol. The molecule has 16 heteroatoms. The van der Waals surface area contributed by atoms with Gasteiger partial charge in [-0.15, -0.1) is 0 Å². The lowest BCUT2D eigenvalue weighted by molar-refractivity contribution is -0.185. The molecule has 4 unspecified atom stereocenters. The van der Waals surface area contributed by atoms with Crippen LogP contribution in [-0.2, 0) is 54.3 Å². The fraction of sp³-hybridized carbons (Fsp3) is 0.444. The minimum Gasteiger partial charge on any atom is -0.489 e. The summed E-state index contributed by atoms with van der Waals surface area (Å²) in [5.41, 5.74) is 9.73. The Morgan fingerprint density at radius 3 is 2.05 bits per heavy atom. The highest BCUT2D eigenvalue weighted by atomic mass is 127. The van der Waals surface area contributed by atoms with Gasteiger partial charge in [-0.3, -0.25) is 19.2 Å². The number of hydrogen-bond acceptors (Lipinski definition) is 13. The highest BCUT2D eigenvalue weighted by molar-refractivity contribution is 14.1. The molecule has 0 saturated heterocycles. The minimum absolute atomic E-state index is 0.177. The van der Waals surface area contributed by atoms with E-state index in [-0.39, 0.29) is 13.2 Å². The van der Waals surface area contributed by atoms with Gasteiger partial charge in [0.05, 0.1) is 3.57 Å². The van der Waals surface area contributed by atoms with E-state index < -0.39 is 67.4 Å². The van der Waals surface area contributed by atoms with Gasteiger partial charge < -0.3 is 33.2 Å². The quantitative estimate of drug-likeness (QED) is 0.0408. The first-order valence-electron chi connectivity index (χ1n) is 12.5. The molecule has 1 rings (SSSR count). The summed E-state index contributed by atoms with van der Waals surface area (Å²) in [4.78, 5) is 63.3. The molecule has 0 aromatic heterocycles. The molecule has 15 nitrogen and oxygen atoms in total. The first kappa shape index (κ1) is 36.7. The van der Waals surface area contributed by atoms with E-state index in [9.17, 15) is 29.5 Å². The Morgan fingerprint density at radius 2 is 1.51 bits per heavy atom. The van der Waals surface area contributed by atoms with Crippen LogP contribution in [0.2, 0.25) is 0 Å². The summed E-state index contributed by atoms with van der Waals surface area (Å²) >= 11 is 1.98. The van der Waals surface area contributed by atoms with Crippen LogP contribution in [0.1, 0.15) is 33.3 Å². The van der Waals surface area contributed by atoms with E-state index >= 15 is 0 Å². The maximum absolute atomic E-state index is 13.4. The standard InChI is InChI=1S/C27H32IN3O12/c1-7-9-37-20-11-19(23(28)21(12-20)38-10-8-2)13-40-27(36)26(43-18(6)35)24(30-31-29)25(42-17(5)34)22(41-16(4)33)14-39-15(3)32/h7-8,11-12,22,24-26H,1-2,9-10,13-14H2,3-6H3. The van der Waals surface area contributed by atoms with Crippen molar-refractivity contribution in [1.82, 2.24) is 0 Å². The third-order valence-corrected chi connectivity index (χ3v) is 6.20. The molecule has 1 aromatic rings. The van der Waals surface area contributed by atoms with Crippen LogP contribution in [0, 0.1) is 3.57 Å². The van der Waals surface area contributed by atoms with Gasteiger partial charge in [0, 0.05) is 44.2 Å². The molecule has 0 heterocycles. The average molecular weight is 717 g/mol. The fourth-order valence-corrected chi connectivity index (χ4v) is 4.04. The summed E-state index contributed by atoms with van der Waals surface area (Å²) < 4.78 is 37.7. The molecule has 0 aliphatic rings. The molecule has 0 saturated carbocycles. The second-order valence-electron chi connectivity index (χ2n) is 8.45. The smallest absolute Gasteiger partial charge is 0.348 e. The topological polar surface area (TPSA) is 199 Å². The molecule has 234 valence electrons. The Morgan fingerprint density at radius 1 is 0.907 bits per heavy atom. The van der Waals surface area contributed by atoms with Crippen molar-refractivity contribution < 1.29 is 57.1 Å². The van der Waals surface area contributed by atoms with E-state index in [1.807, 2.05) is 22.6 Å². The predicted octanol–water partition coefficient (Wildman–Crippen LogP) is 3.50. The van der Waals surface area contributed by atoms with Crippen LogP contribution in [0.25, 0.3) is 10.4 Å². The Labute approximate surface area is 261 Å². The van der Waals surface area contributed by atoms with Gasteiger partial charge in [-0.05, 0) is 34.2 Å². The zero-order valence-corrected chi connectivity index (χ0v) is 26.1. The Hall–Kier alpha value is -4.31. The first-order valence-corrected chi connectivity index (χ1v) is 13.6. The van der Waals surface area contributed by atoms with E-state index in [0.717, 1.165) is 27.7 Å². The third kappa shape index (κ3) is 13.0. The Kier molecular flexibility index (Phi) is 16.2. The normalized spacial score (nSPS) is 13.0. The van der Waals surface area contributed by atoms with Gasteiger partial charge in [-0.2, -0.15) is 0 Å². The average Bonchev–Trinajstić information content (AvgIpc) is 2.93. The number of nitrogens with zero attached hydrogens (tertiary/aromatic N) is 3. The summed E-state index contributed by atoms with van der Waals surface area (Å²) in [5, 5.41) is 3.51. The molecule has 0 bridgehead atoms. The molecule has 0 fully saturated rings. The second-order valence-corrected chi connectivity index (χ2v) is 9.53. The number of benzene rings is 1. The van der Waals surface area contributed by atoms with Crippen molar-refractivity contribution in [1.29, 1.82) is 0 Å². The van der Waals surface area contributed by atoms with Crippen LogP contribution in [0.4, 0.5) is 0 Å². The molecular formula is C27H32IN3O12. The van der Waals surface area contributed by atoms with Crippen molar-refractivity contribution in [2.24, 2.45) is 5.11 Å². The number of carbonyl (C=O) groups is 5. The van der Waals surface area contributed by atoms with Gasteiger partial charge in [0.15, 0.2) is 12.2 Å². The van der Waals surface area contributed by atoms with E-state index in [4.69, 9.17) is 33.2 Å². The molecule has 1 aromatic carbocycles. The highest BCUT2D eigenvalue weighted by Gasteiger charge is 2.45. The van der Waals surface area contributed by atoms with E-state index in [1.165, 1.54) is 12.2 Å². The predicted molar refractivity (Wildman–Crippen MR) is 157 cm³/mol. The molecule has 0 aliphatic heterocycles. The van der Waals surface area contributed by atoms with Gasteiger partial charge in [0.25, 0.3) is 0 Å².